The van der Waals surface area contributed by atoms with Crippen molar-refractivity contribution in [1.82, 2.24) is 0 Å². The molecule has 0 aliphatic rings. The molecule has 0 rings (SSSR count). The molecule has 0 spiro atoms. The van der Waals surface area contributed by atoms with Gasteiger partial charge in [-0.15, -0.1) is 0 Å². The van der Waals surface area contributed by atoms with Gasteiger partial charge in [0, 0.05) is 0 Å². The molecule has 47 heavy (non-hydrogen) atoms. The van der Waals surface area contributed by atoms with Gasteiger partial charge in [0.25, 0.3) is 0 Å². The average Bonchev–Trinajstić information content (AvgIpc) is 3.06. The summed E-state index contributed by atoms with van der Waals surface area (Å²) in [5.74, 6) is 2.84. The first-order chi connectivity index (χ1) is 23.1. The van der Waals surface area contributed by atoms with Crippen LogP contribution in [0.25, 0.3) is 0 Å². The zero-order valence-corrected chi connectivity index (χ0v) is 34.3. The molecule has 0 N–H and O–H groups in total. The van der Waals surface area contributed by atoms with E-state index >= 15 is 0 Å². The Hall–Kier alpha value is 0. The van der Waals surface area contributed by atoms with Gasteiger partial charge in [-0.2, -0.15) is 0 Å². The van der Waals surface area contributed by atoms with Crippen molar-refractivity contribution in [3.63, 3.8) is 0 Å². The van der Waals surface area contributed by atoms with Crippen LogP contribution in [-0.2, 0) is 0 Å². The molecule has 0 heteroatoms. The van der Waals surface area contributed by atoms with Crippen molar-refractivity contribution in [2.24, 2.45) is 17.8 Å². The second-order valence-electron chi connectivity index (χ2n) is 17.0. The topological polar surface area (TPSA) is 0 Å². The Morgan fingerprint density at radius 3 is 0.532 bits per heavy atom. The second-order valence-corrected chi connectivity index (χ2v) is 17.0. The number of hydrogen-bond donors (Lipinski definition) is 0. The lowest BCUT2D eigenvalue weighted by molar-refractivity contribution is 0.373. The van der Waals surface area contributed by atoms with Gasteiger partial charge < -0.3 is 0 Å². The number of rotatable bonds is 41. The zero-order valence-electron chi connectivity index (χ0n) is 34.3. The number of hydrogen-bond acceptors (Lipinski definition) is 0. The SMILES string of the molecule is CCCCCCCCCCCCCCCCCCCCCCCCCC(C)CCCC(C)CCCC(C)CCCCCCCCCC. The second kappa shape index (κ2) is 40.4. The van der Waals surface area contributed by atoms with Crippen molar-refractivity contribution in [3.05, 3.63) is 0 Å². The summed E-state index contributed by atoms with van der Waals surface area (Å²) in [5.41, 5.74) is 0. The van der Waals surface area contributed by atoms with Crippen LogP contribution in [0, 0.1) is 17.8 Å². The molecule has 3 atom stereocenters. The van der Waals surface area contributed by atoms with Crippen LogP contribution in [0.4, 0.5) is 0 Å². The first kappa shape index (κ1) is 47.0. The van der Waals surface area contributed by atoms with Gasteiger partial charge in [0.1, 0.15) is 0 Å². The van der Waals surface area contributed by atoms with Crippen molar-refractivity contribution in [2.45, 2.75) is 285 Å². The predicted molar refractivity (Wildman–Crippen MR) is 219 cm³/mol. The highest BCUT2D eigenvalue weighted by Gasteiger charge is 2.08. The molecule has 0 amide bonds. The third-order valence-corrected chi connectivity index (χ3v) is 11.6. The third-order valence-electron chi connectivity index (χ3n) is 11.6. The Morgan fingerprint density at radius 2 is 0.340 bits per heavy atom. The Balaban J connectivity index is 3.29. The summed E-state index contributed by atoms with van der Waals surface area (Å²) in [6, 6.07) is 0. The van der Waals surface area contributed by atoms with E-state index in [1.807, 2.05) is 0 Å². The fourth-order valence-corrected chi connectivity index (χ4v) is 7.97. The van der Waals surface area contributed by atoms with E-state index in [0.717, 1.165) is 17.8 Å². The summed E-state index contributed by atoms with van der Waals surface area (Å²) < 4.78 is 0. The first-order valence-corrected chi connectivity index (χ1v) is 23.1. The van der Waals surface area contributed by atoms with E-state index in [1.165, 1.54) is 250 Å². The maximum absolute atomic E-state index is 2.52. The van der Waals surface area contributed by atoms with E-state index in [4.69, 9.17) is 0 Å². The van der Waals surface area contributed by atoms with Crippen LogP contribution in [0.15, 0.2) is 0 Å². The van der Waals surface area contributed by atoms with E-state index in [1.54, 1.807) is 0 Å². The maximum atomic E-state index is 2.52. The van der Waals surface area contributed by atoms with Crippen LogP contribution in [0.3, 0.4) is 0 Å². The maximum Gasteiger partial charge on any atom is -0.0443 e. The first-order valence-electron chi connectivity index (χ1n) is 23.1. The lowest BCUT2D eigenvalue weighted by atomic mass is 9.90. The van der Waals surface area contributed by atoms with Gasteiger partial charge in [-0.05, 0) is 17.8 Å². The van der Waals surface area contributed by atoms with E-state index in [2.05, 4.69) is 34.6 Å². The summed E-state index contributed by atoms with van der Waals surface area (Å²) in [5, 5.41) is 0. The standard InChI is InChI=1S/C47H96/c1-6-8-10-12-14-16-17-18-19-20-21-22-23-24-25-26-27-28-29-30-32-34-36-40-46(4)42-38-44-47(5)43-37-41-45(3)39-35-33-31-15-13-11-9-7-2/h45-47H,6-44H2,1-5H3. The molecule has 0 heterocycles. The minimum Gasteiger partial charge on any atom is -0.0654 e. The summed E-state index contributed by atoms with van der Waals surface area (Å²) in [4.78, 5) is 0. The van der Waals surface area contributed by atoms with E-state index in [-0.39, 0.29) is 0 Å². The van der Waals surface area contributed by atoms with Gasteiger partial charge in [-0.3, -0.25) is 0 Å². The van der Waals surface area contributed by atoms with Crippen molar-refractivity contribution in [3.8, 4) is 0 Å². The highest BCUT2D eigenvalue weighted by molar-refractivity contribution is 4.61. The Morgan fingerprint density at radius 1 is 0.191 bits per heavy atom. The molecule has 284 valence electrons. The van der Waals surface area contributed by atoms with Gasteiger partial charge in [0.2, 0.25) is 0 Å². The molecular weight excluding hydrogens is 565 g/mol. The lowest BCUT2D eigenvalue weighted by Gasteiger charge is -2.16. The molecule has 0 aromatic heterocycles. The monoisotopic (exact) mass is 661 g/mol. The molecule has 0 saturated heterocycles. The predicted octanol–water partition coefficient (Wildman–Crippen LogP) is 18.1. The lowest BCUT2D eigenvalue weighted by Crippen LogP contribution is -2.01. The molecule has 0 radical (unpaired) electrons. The molecule has 0 fully saturated rings. The van der Waals surface area contributed by atoms with E-state index in [0.29, 0.717) is 0 Å². The smallest absolute Gasteiger partial charge is 0.0443 e. The number of unbranched alkanes of at least 4 members (excludes halogenated alkanes) is 29. The summed E-state index contributed by atoms with van der Waals surface area (Å²) in [6.07, 6.45) is 57.5. The molecule has 0 aliphatic heterocycles. The molecule has 3 unspecified atom stereocenters. The highest BCUT2D eigenvalue weighted by Crippen LogP contribution is 2.24. The zero-order chi connectivity index (χ0) is 34.3. The van der Waals surface area contributed by atoms with Crippen LogP contribution in [0.2, 0.25) is 0 Å². The van der Waals surface area contributed by atoms with Crippen molar-refractivity contribution in [1.29, 1.82) is 0 Å². The fourth-order valence-electron chi connectivity index (χ4n) is 7.97. The normalized spacial score (nSPS) is 13.7. The van der Waals surface area contributed by atoms with Crippen molar-refractivity contribution in [2.75, 3.05) is 0 Å². The Bertz CT molecular complexity index is 536. The molecular formula is C47H96. The van der Waals surface area contributed by atoms with Gasteiger partial charge in [0.05, 0.1) is 0 Å². The molecule has 0 aliphatic carbocycles. The van der Waals surface area contributed by atoms with Crippen molar-refractivity contribution >= 4 is 0 Å². The van der Waals surface area contributed by atoms with Crippen molar-refractivity contribution < 1.29 is 0 Å². The van der Waals surface area contributed by atoms with Gasteiger partial charge in [-0.1, -0.05) is 285 Å². The largest absolute Gasteiger partial charge is 0.0654 e. The van der Waals surface area contributed by atoms with Crippen LogP contribution in [0.5, 0.6) is 0 Å². The average molecular weight is 661 g/mol. The van der Waals surface area contributed by atoms with E-state index < -0.39 is 0 Å². The molecule has 0 aromatic carbocycles. The van der Waals surface area contributed by atoms with Crippen LogP contribution < -0.4 is 0 Å². The Kier molecular flexibility index (Phi) is 40.4. The molecule has 0 saturated carbocycles. The summed E-state index contributed by atoms with van der Waals surface area (Å²) in [7, 11) is 0. The van der Waals surface area contributed by atoms with E-state index in [9.17, 15) is 0 Å². The minimum absolute atomic E-state index is 0.941. The summed E-state index contributed by atoms with van der Waals surface area (Å²) in [6.45, 7) is 12.2. The minimum atomic E-state index is 0.941. The fraction of sp³-hybridized carbons (Fsp3) is 1.00. The van der Waals surface area contributed by atoms with Gasteiger partial charge in [0.15, 0.2) is 0 Å². The van der Waals surface area contributed by atoms with Crippen LogP contribution >= 0.6 is 0 Å². The van der Waals surface area contributed by atoms with Crippen LogP contribution in [0.1, 0.15) is 285 Å². The Labute approximate surface area is 302 Å². The molecule has 0 nitrogen and oxygen atoms in total. The summed E-state index contributed by atoms with van der Waals surface area (Å²) >= 11 is 0. The van der Waals surface area contributed by atoms with Gasteiger partial charge in [-0.25, -0.2) is 0 Å². The molecule has 0 aromatic rings. The highest BCUT2D eigenvalue weighted by atomic mass is 14.1. The molecule has 0 bridgehead atoms. The van der Waals surface area contributed by atoms with Crippen LogP contribution in [-0.4, -0.2) is 0 Å². The third kappa shape index (κ3) is 40.3. The quantitative estimate of drug-likeness (QED) is 0.0572. The van der Waals surface area contributed by atoms with Gasteiger partial charge >= 0.3 is 0 Å².